The highest BCUT2D eigenvalue weighted by atomic mass is 32.2. The summed E-state index contributed by atoms with van der Waals surface area (Å²) in [6.45, 7) is 0.536. The van der Waals surface area contributed by atoms with Crippen molar-refractivity contribution in [2.45, 2.75) is 31.8 Å². The molecule has 0 spiro atoms. The van der Waals surface area contributed by atoms with Crippen LogP contribution in [0.3, 0.4) is 0 Å². The molecule has 0 bridgehead atoms. The largest absolute Gasteiger partial charge is 0.335 e. The summed E-state index contributed by atoms with van der Waals surface area (Å²) in [7, 11) is -3.01. The fraction of sp³-hybridized carbons (Fsp3) is 0.571. The van der Waals surface area contributed by atoms with E-state index < -0.39 is 9.84 Å². The number of sulfone groups is 1. The van der Waals surface area contributed by atoms with Gasteiger partial charge in [-0.15, -0.1) is 0 Å². The Bertz CT molecular complexity index is 596. The van der Waals surface area contributed by atoms with Gasteiger partial charge in [0.2, 0.25) is 5.91 Å². The first-order valence-corrected chi connectivity index (χ1v) is 8.77. The van der Waals surface area contributed by atoms with Gasteiger partial charge in [-0.05, 0) is 30.9 Å². The molecule has 1 unspecified atom stereocenters. The Labute approximate surface area is 118 Å². The average molecular weight is 294 g/mol. The Morgan fingerprint density at radius 1 is 1.35 bits per heavy atom. The summed E-state index contributed by atoms with van der Waals surface area (Å²) in [5, 5.41) is 0. The lowest BCUT2D eigenvalue weighted by Gasteiger charge is -2.25. The molecule has 0 N–H and O–H groups in total. The predicted octanol–water partition coefficient (Wildman–Crippen LogP) is 1.01. The molecule has 1 aromatic heterocycles. The molecule has 108 valence electrons. The van der Waals surface area contributed by atoms with Crippen LogP contribution in [-0.2, 0) is 21.2 Å². The molecule has 1 aliphatic heterocycles. The highest BCUT2D eigenvalue weighted by Crippen LogP contribution is 2.31. The Hall–Kier alpha value is -1.43. The monoisotopic (exact) mass is 294 g/mol. The lowest BCUT2D eigenvalue weighted by atomic mass is 10.1. The topological polar surface area (TPSA) is 67.3 Å². The number of rotatable bonds is 4. The molecule has 0 radical (unpaired) electrons. The molecule has 1 aromatic rings. The summed E-state index contributed by atoms with van der Waals surface area (Å²) in [4.78, 5) is 18.5. The zero-order valence-corrected chi connectivity index (χ0v) is 12.1. The van der Waals surface area contributed by atoms with Gasteiger partial charge in [0.05, 0.1) is 17.4 Å². The maximum atomic E-state index is 12.6. The SMILES string of the molecule is O=C(C1CCS(=O)(=O)C1)N(Cc1cccnc1)C1CC1. The van der Waals surface area contributed by atoms with Gasteiger partial charge in [0, 0.05) is 25.0 Å². The number of aromatic nitrogens is 1. The van der Waals surface area contributed by atoms with E-state index >= 15 is 0 Å². The van der Waals surface area contributed by atoms with Crippen molar-refractivity contribution in [3.63, 3.8) is 0 Å². The van der Waals surface area contributed by atoms with Gasteiger partial charge in [0.1, 0.15) is 0 Å². The van der Waals surface area contributed by atoms with Crippen LogP contribution in [0.4, 0.5) is 0 Å². The average Bonchev–Trinajstić information content (AvgIpc) is 3.20. The highest BCUT2D eigenvalue weighted by molar-refractivity contribution is 7.91. The van der Waals surface area contributed by atoms with Crippen molar-refractivity contribution in [1.29, 1.82) is 0 Å². The van der Waals surface area contributed by atoms with Crippen LogP contribution in [0.25, 0.3) is 0 Å². The summed E-state index contributed by atoms with van der Waals surface area (Å²) in [5.74, 6) is -0.189. The van der Waals surface area contributed by atoms with Gasteiger partial charge >= 0.3 is 0 Å². The van der Waals surface area contributed by atoms with Gasteiger partial charge in [-0.1, -0.05) is 6.07 Å². The first-order valence-electron chi connectivity index (χ1n) is 6.95. The quantitative estimate of drug-likeness (QED) is 0.831. The van der Waals surface area contributed by atoms with Gasteiger partial charge in [0.15, 0.2) is 9.84 Å². The van der Waals surface area contributed by atoms with Crippen molar-refractivity contribution in [2.24, 2.45) is 5.92 Å². The minimum atomic E-state index is -3.01. The van der Waals surface area contributed by atoms with Crippen LogP contribution in [0.5, 0.6) is 0 Å². The van der Waals surface area contributed by atoms with Gasteiger partial charge in [0.25, 0.3) is 0 Å². The second-order valence-corrected chi connectivity index (χ2v) is 7.89. The standard InChI is InChI=1S/C14H18N2O3S/c17-14(12-5-7-20(18,19)10-12)16(13-3-4-13)9-11-2-1-6-15-8-11/h1-2,6,8,12-13H,3-5,7,9-10H2. The van der Waals surface area contributed by atoms with Crippen LogP contribution in [0.2, 0.25) is 0 Å². The van der Waals surface area contributed by atoms with Crippen LogP contribution in [-0.4, -0.2) is 41.8 Å². The third-order valence-corrected chi connectivity index (χ3v) is 5.70. The Balaban J connectivity index is 1.73. The van der Waals surface area contributed by atoms with E-state index in [1.807, 2.05) is 17.0 Å². The van der Waals surface area contributed by atoms with Crippen molar-refractivity contribution >= 4 is 15.7 Å². The number of amides is 1. The van der Waals surface area contributed by atoms with Crippen molar-refractivity contribution in [1.82, 2.24) is 9.88 Å². The van der Waals surface area contributed by atoms with Crippen LogP contribution >= 0.6 is 0 Å². The molecule has 0 aromatic carbocycles. The summed E-state index contributed by atoms with van der Waals surface area (Å²) >= 11 is 0. The molecule has 1 atom stereocenters. The first-order chi connectivity index (χ1) is 9.55. The molecule has 5 nitrogen and oxygen atoms in total. The second-order valence-electron chi connectivity index (χ2n) is 5.66. The molecule has 1 saturated carbocycles. The van der Waals surface area contributed by atoms with E-state index in [9.17, 15) is 13.2 Å². The summed E-state index contributed by atoms with van der Waals surface area (Å²) in [6, 6.07) is 4.08. The molecule has 1 amide bonds. The molecule has 2 aliphatic rings. The second kappa shape index (κ2) is 5.16. The molecule has 6 heteroatoms. The van der Waals surface area contributed by atoms with Crippen molar-refractivity contribution in [3.05, 3.63) is 30.1 Å². The predicted molar refractivity (Wildman–Crippen MR) is 74.6 cm³/mol. The number of carbonyl (C=O) groups excluding carboxylic acids is 1. The van der Waals surface area contributed by atoms with Crippen LogP contribution < -0.4 is 0 Å². The van der Waals surface area contributed by atoms with E-state index in [0.717, 1.165) is 18.4 Å². The van der Waals surface area contributed by atoms with E-state index in [4.69, 9.17) is 0 Å². The molecule has 20 heavy (non-hydrogen) atoms. The maximum absolute atomic E-state index is 12.6. The molecule has 3 rings (SSSR count). The van der Waals surface area contributed by atoms with Gasteiger partial charge in [-0.25, -0.2) is 8.42 Å². The lowest BCUT2D eigenvalue weighted by molar-refractivity contribution is -0.136. The Morgan fingerprint density at radius 3 is 2.70 bits per heavy atom. The summed E-state index contributed by atoms with van der Waals surface area (Å²) < 4.78 is 23.1. The zero-order chi connectivity index (χ0) is 14.2. The fourth-order valence-corrected chi connectivity index (χ4v) is 4.42. The fourth-order valence-electron chi connectivity index (χ4n) is 2.69. The number of nitrogens with zero attached hydrogens (tertiary/aromatic N) is 2. The Morgan fingerprint density at radius 2 is 2.15 bits per heavy atom. The van der Waals surface area contributed by atoms with Crippen LogP contribution in [0, 0.1) is 5.92 Å². The third kappa shape index (κ3) is 3.00. The first kappa shape index (κ1) is 13.5. The van der Waals surface area contributed by atoms with Crippen molar-refractivity contribution in [2.75, 3.05) is 11.5 Å². The molecule has 2 heterocycles. The van der Waals surface area contributed by atoms with E-state index in [1.165, 1.54) is 0 Å². The minimum Gasteiger partial charge on any atom is -0.335 e. The number of pyridine rings is 1. The normalized spacial score (nSPS) is 24.5. The highest BCUT2D eigenvalue weighted by Gasteiger charge is 2.40. The maximum Gasteiger partial charge on any atom is 0.227 e. The third-order valence-electron chi connectivity index (χ3n) is 3.93. The summed E-state index contributed by atoms with van der Waals surface area (Å²) in [6.07, 6.45) is 5.97. The minimum absolute atomic E-state index is 0.00238. The molecule has 1 saturated heterocycles. The smallest absolute Gasteiger partial charge is 0.227 e. The van der Waals surface area contributed by atoms with E-state index in [-0.39, 0.29) is 29.4 Å². The van der Waals surface area contributed by atoms with Crippen molar-refractivity contribution in [3.8, 4) is 0 Å². The molecular weight excluding hydrogens is 276 g/mol. The van der Waals surface area contributed by atoms with Crippen LogP contribution in [0.15, 0.2) is 24.5 Å². The molecular formula is C14H18N2O3S. The van der Waals surface area contributed by atoms with E-state index in [2.05, 4.69) is 4.98 Å². The van der Waals surface area contributed by atoms with E-state index in [1.54, 1.807) is 12.4 Å². The van der Waals surface area contributed by atoms with Crippen molar-refractivity contribution < 1.29 is 13.2 Å². The zero-order valence-electron chi connectivity index (χ0n) is 11.2. The van der Waals surface area contributed by atoms with Crippen LogP contribution in [0.1, 0.15) is 24.8 Å². The van der Waals surface area contributed by atoms with Gasteiger partial charge in [-0.3, -0.25) is 9.78 Å². The van der Waals surface area contributed by atoms with Gasteiger partial charge in [-0.2, -0.15) is 0 Å². The lowest BCUT2D eigenvalue weighted by Crippen LogP contribution is -2.37. The molecule has 1 aliphatic carbocycles. The number of hydrogen-bond donors (Lipinski definition) is 0. The number of hydrogen-bond acceptors (Lipinski definition) is 4. The van der Waals surface area contributed by atoms with E-state index in [0.29, 0.717) is 13.0 Å². The number of carbonyl (C=O) groups is 1. The van der Waals surface area contributed by atoms with Gasteiger partial charge < -0.3 is 4.90 Å². The summed E-state index contributed by atoms with van der Waals surface area (Å²) in [5.41, 5.74) is 0.994. The Kier molecular flexibility index (Phi) is 3.50. The molecule has 2 fully saturated rings.